The standard InChI is InChI=1S/C23H22N4O5/c1-14(2)15-7-9-16(10-8-15)21-25-19(32-26-21)13-31-22(29)18-6-4-3-5-17(18)12-27-20(28)11-24-23(27)30/h3-10,14H,11-13H2,1-2H3,(H,24,30). The van der Waals surface area contributed by atoms with Gasteiger partial charge in [0.05, 0.1) is 18.7 Å². The van der Waals surface area contributed by atoms with Gasteiger partial charge in [-0.25, -0.2) is 9.59 Å². The number of ether oxygens (including phenoxy) is 1. The van der Waals surface area contributed by atoms with Crippen LogP contribution in [-0.2, 0) is 22.7 Å². The topological polar surface area (TPSA) is 115 Å². The fraction of sp³-hybridized carbons (Fsp3) is 0.261. The van der Waals surface area contributed by atoms with E-state index in [9.17, 15) is 14.4 Å². The third kappa shape index (κ3) is 4.51. The van der Waals surface area contributed by atoms with Crippen molar-refractivity contribution in [3.63, 3.8) is 0 Å². The van der Waals surface area contributed by atoms with Gasteiger partial charge in [-0.15, -0.1) is 0 Å². The van der Waals surface area contributed by atoms with E-state index in [0.717, 1.165) is 10.5 Å². The van der Waals surface area contributed by atoms with Gasteiger partial charge in [-0.1, -0.05) is 61.5 Å². The van der Waals surface area contributed by atoms with Crippen molar-refractivity contribution in [3.8, 4) is 11.4 Å². The van der Waals surface area contributed by atoms with Crippen LogP contribution in [0.15, 0.2) is 53.1 Å². The summed E-state index contributed by atoms with van der Waals surface area (Å²) < 4.78 is 10.5. The lowest BCUT2D eigenvalue weighted by molar-refractivity contribution is -0.125. The molecule has 0 radical (unpaired) electrons. The fourth-order valence-corrected chi connectivity index (χ4v) is 3.30. The van der Waals surface area contributed by atoms with Crippen LogP contribution in [0.2, 0.25) is 0 Å². The van der Waals surface area contributed by atoms with Crippen LogP contribution < -0.4 is 5.32 Å². The van der Waals surface area contributed by atoms with E-state index in [1.807, 2.05) is 24.3 Å². The van der Waals surface area contributed by atoms with Crippen LogP contribution in [0.25, 0.3) is 11.4 Å². The quantitative estimate of drug-likeness (QED) is 0.448. The highest BCUT2D eigenvalue weighted by molar-refractivity contribution is 6.02. The lowest BCUT2D eigenvalue weighted by atomic mass is 10.0. The smallest absolute Gasteiger partial charge is 0.338 e. The Labute approximate surface area is 184 Å². The predicted octanol–water partition coefficient (Wildman–Crippen LogP) is 3.27. The number of nitrogens with one attached hydrogen (secondary N) is 1. The Morgan fingerprint density at radius 3 is 2.59 bits per heavy atom. The van der Waals surface area contributed by atoms with E-state index >= 15 is 0 Å². The van der Waals surface area contributed by atoms with Crippen molar-refractivity contribution in [3.05, 3.63) is 71.1 Å². The molecular formula is C23H22N4O5. The van der Waals surface area contributed by atoms with Crippen LogP contribution in [-0.4, -0.2) is 39.5 Å². The number of urea groups is 1. The first kappa shape index (κ1) is 21.2. The molecular weight excluding hydrogens is 412 g/mol. The molecule has 164 valence electrons. The van der Waals surface area contributed by atoms with Gasteiger partial charge >= 0.3 is 12.0 Å². The molecule has 1 fully saturated rings. The Hall–Kier alpha value is -4.01. The Bertz CT molecular complexity index is 1140. The Balaban J connectivity index is 1.41. The van der Waals surface area contributed by atoms with Crippen molar-refractivity contribution >= 4 is 17.9 Å². The molecule has 1 saturated heterocycles. The highest BCUT2D eigenvalue weighted by Crippen LogP contribution is 2.21. The number of carbonyl (C=O) groups excluding carboxylic acids is 3. The van der Waals surface area contributed by atoms with Gasteiger partial charge in [0.2, 0.25) is 11.7 Å². The molecule has 9 nitrogen and oxygen atoms in total. The van der Waals surface area contributed by atoms with Gasteiger partial charge in [-0.2, -0.15) is 4.98 Å². The molecule has 3 amide bonds. The normalized spacial score (nSPS) is 13.5. The zero-order valence-electron chi connectivity index (χ0n) is 17.7. The SMILES string of the molecule is CC(C)c1ccc(-c2noc(COC(=O)c3ccccc3CN3C(=O)CNC3=O)n2)cc1. The van der Waals surface area contributed by atoms with E-state index in [4.69, 9.17) is 9.26 Å². The molecule has 2 aromatic carbocycles. The van der Waals surface area contributed by atoms with Crippen LogP contribution in [0.4, 0.5) is 4.79 Å². The minimum atomic E-state index is -0.617. The molecule has 32 heavy (non-hydrogen) atoms. The third-order valence-corrected chi connectivity index (χ3v) is 5.13. The highest BCUT2D eigenvalue weighted by atomic mass is 16.6. The molecule has 1 N–H and O–H groups in total. The number of carbonyl (C=O) groups is 3. The second-order valence-electron chi connectivity index (χ2n) is 7.66. The molecule has 0 atom stereocenters. The van der Waals surface area contributed by atoms with Crippen LogP contribution >= 0.6 is 0 Å². The maximum absolute atomic E-state index is 12.6. The summed E-state index contributed by atoms with van der Waals surface area (Å²) in [4.78, 5) is 41.6. The first-order valence-electron chi connectivity index (χ1n) is 10.2. The van der Waals surface area contributed by atoms with E-state index in [0.29, 0.717) is 17.3 Å². The lowest BCUT2D eigenvalue weighted by Gasteiger charge is -2.14. The Morgan fingerprint density at radius 1 is 1.16 bits per heavy atom. The minimum Gasteiger partial charge on any atom is -0.452 e. The average molecular weight is 434 g/mol. The third-order valence-electron chi connectivity index (χ3n) is 5.13. The summed E-state index contributed by atoms with van der Waals surface area (Å²) in [5.74, 6) is 0.0231. The van der Waals surface area contributed by atoms with Gasteiger partial charge in [-0.3, -0.25) is 9.69 Å². The largest absolute Gasteiger partial charge is 0.452 e. The first-order chi connectivity index (χ1) is 15.4. The van der Waals surface area contributed by atoms with Crippen molar-refractivity contribution in [1.82, 2.24) is 20.4 Å². The summed E-state index contributed by atoms with van der Waals surface area (Å²) in [5.41, 5.74) is 2.76. The number of hydrogen-bond acceptors (Lipinski definition) is 7. The molecule has 1 aromatic heterocycles. The number of hydrogen-bond donors (Lipinski definition) is 1. The van der Waals surface area contributed by atoms with Gasteiger partial charge in [0.25, 0.3) is 5.89 Å². The average Bonchev–Trinajstić information content (AvgIpc) is 3.40. The van der Waals surface area contributed by atoms with E-state index < -0.39 is 12.0 Å². The maximum atomic E-state index is 12.6. The van der Waals surface area contributed by atoms with Crippen LogP contribution in [0.1, 0.15) is 47.1 Å². The van der Waals surface area contributed by atoms with Crippen molar-refractivity contribution in [1.29, 1.82) is 0 Å². The minimum absolute atomic E-state index is 0.0208. The summed E-state index contributed by atoms with van der Waals surface area (Å²) in [5, 5.41) is 6.40. The molecule has 0 bridgehead atoms. The van der Waals surface area contributed by atoms with Gasteiger partial charge in [0, 0.05) is 5.56 Å². The van der Waals surface area contributed by atoms with Gasteiger partial charge < -0.3 is 14.6 Å². The molecule has 1 aliphatic rings. The summed E-state index contributed by atoms with van der Waals surface area (Å²) in [7, 11) is 0. The molecule has 3 aromatic rings. The van der Waals surface area contributed by atoms with E-state index in [-0.39, 0.29) is 37.1 Å². The number of aromatic nitrogens is 2. The van der Waals surface area contributed by atoms with Gasteiger partial charge in [-0.05, 0) is 23.1 Å². The second-order valence-corrected chi connectivity index (χ2v) is 7.66. The summed E-state index contributed by atoms with van der Waals surface area (Å²) in [6.45, 7) is 3.96. The molecule has 0 aliphatic carbocycles. The van der Waals surface area contributed by atoms with Crippen molar-refractivity contribution in [2.24, 2.45) is 0 Å². The number of esters is 1. The molecule has 0 unspecified atom stereocenters. The monoisotopic (exact) mass is 434 g/mol. The predicted molar refractivity (Wildman–Crippen MR) is 113 cm³/mol. The van der Waals surface area contributed by atoms with E-state index in [1.165, 1.54) is 5.56 Å². The summed E-state index contributed by atoms with van der Waals surface area (Å²) in [6, 6.07) is 14.0. The number of nitrogens with zero attached hydrogens (tertiary/aromatic N) is 3. The van der Waals surface area contributed by atoms with Crippen LogP contribution in [0.5, 0.6) is 0 Å². The zero-order chi connectivity index (χ0) is 22.7. The highest BCUT2D eigenvalue weighted by Gasteiger charge is 2.29. The van der Waals surface area contributed by atoms with Gasteiger partial charge in [0.1, 0.15) is 0 Å². The Morgan fingerprint density at radius 2 is 1.91 bits per heavy atom. The lowest BCUT2D eigenvalue weighted by Crippen LogP contribution is -2.31. The number of amides is 3. The zero-order valence-corrected chi connectivity index (χ0v) is 17.7. The molecule has 9 heteroatoms. The number of rotatable bonds is 7. The molecule has 0 saturated carbocycles. The van der Waals surface area contributed by atoms with Crippen LogP contribution in [0, 0.1) is 0 Å². The molecule has 0 spiro atoms. The number of benzene rings is 2. The Kier molecular flexibility index (Phi) is 5.98. The van der Waals surface area contributed by atoms with Crippen molar-refractivity contribution < 1.29 is 23.6 Å². The maximum Gasteiger partial charge on any atom is 0.338 e. The molecule has 1 aliphatic heterocycles. The molecule has 4 rings (SSSR count). The van der Waals surface area contributed by atoms with Gasteiger partial charge in [0.15, 0.2) is 6.61 Å². The van der Waals surface area contributed by atoms with Crippen LogP contribution in [0.3, 0.4) is 0 Å². The van der Waals surface area contributed by atoms with Crippen molar-refractivity contribution in [2.45, 2.75) is 32.9 Å². The molecule has 2 heterocycles. The van der Waals surface area contributed by atoms with E-state index in [2.05, 4.69) is 29.3 Å². The van der Waals surface area contributed by atoms with Crippen molar-refractivity contribution in [2.75, 3.05) is 6.54 Å². The first-order valence-corrected chi connectivity index (χ1v) is 10.2. The summed E-state index contributed by atoms with van der Waals surface area (Å²) >= 11 is 0. The van der Waals surface area contributed by atoms with E-state index in [1.54, 1.807) is 24.3 Å². The fourth-order valence-electron chi connectivity index (χ4n) is 3.30. The second kappa shape index (κ2) is 9.01. The summed E-state index contributed by atoms with van der Waals surface area (Å²) in [6.07, 6.45) is 0. The number of imide groups is 1.